The second-order valence-corrected chi connectivity index (χ2v) is 7.38. The fourth-order valence-corrected chi connectivity index (χ4v) is 5.80. The maximum absolute atomic E-state index is 4.19. The molecule has 4 aliphatic carbocycles. The van der Waals surface area contributed by atoms with E-state index < -0.39 is 0 Å². The van der Waals surface area contributed by atoms with Crippen LogP contribution in [0.2, 0.25) is 0 Å². The molecule has 1 aromatic heterocycles. The maximum atomic E-state index is 4.19. The summed E-state index contributed by atoms with van der Waals surface area (Å²) in [5.74, 6) is 3.10. The van der Waals surface area contributed by atoms with Crippen LogP contribution in [0.5, 0.6) is 0 Å². The van der Waals surface area contributed by atoms with Crippen LogP contribution >= 0.6 is 0 Å². The van der Waals surface area contributed by atoms with Gasteiger partial charge in [-0.2, -0.15) is 0 Å². The van der Waals surface area contributed by atoms with Crippen molar-refractivity contribution in [3.8, 4) is 0 Å². The summed E-state index contributed by atoms with van der Waals surface area (Å²) in [5, 5.41) is 3.65. The number of aromatic nitrogens is 2. The van der Waals surface area contributed by atoms with Crippen LogP contribution < -0.4 is 5.32 Å². The maximum Gasteiger partial charge on any atom is 0.0946 e. The molecule has 1 N–H and O–H groups in total. The number of imidazole rings is 1. The number of hydrogen-bond donors (Lipinski definition) is 1. The standard InChI is InChI=1S/C16H25N3/c1-17-15(10-19-3-2-18-11-19)16-7-12-4-13(8-16)6-14(5-12)9-16/h2-3,11-15,17H,4-10H2,1H3. The van der Waals surface area contributed by atoms with Gasteiger partial charge in [0.2, 0.25) is 0 Å². The zero-order valence-corrected chi connectivity index (χ0v) is 11.9. The van der Waals surface area contributed by atoms with E-state index in [0.717, 1.165) is 24.3 Å². The van der Waals surface area contributed by atoms with Gasteiger partial charge >= 0.3 is 0 Å². The highest BCUT2D eigenvalue weighted by molar-refractivity contribution is 5.06. The van der Waals surface area contributed by atoms with Crippen molar-refractivity contribution in [3.05, 3.63) is 18.7 Å². The fraction of sp³-hybridized carbons (Fsp3) is 0.812. The van der Waals surface area contributed by atoms with Crippen LogP contribution in [0.3, 0.4) is 0 Å². The van der Waals surface area contributed by atoms with Crippen molar-refractivity contribution < 1.29 is 0 Å². The van der Waals surface area contributed by atoms with Gasteiger partial charge in [-0.15, -0.1) is 0 Å². The predicted molar refractivity (Wildman–Crippen MR) is 75.7 cm³/mol. The van der Waals surface area contributed by atoms with Crippen LogP contribution in [0.15, 0.2) is 18.7 Å². The normalized spacial score (nSPS) is 41.6. The molecule has 4 bridgehead atoms. The lowest BCUT2D eigenvalue weighted by Crippen LogP contribution is -2.56. The van der Waals surface area contributed by atoms with Crippen molar-refractivity contribution in [1.82, 2.24) is 14.9 Å². The van der Waals surface area contributed by atoms with Gasteiger partial charge in [-0.05, 0) is 68.7 Å². The summed E-state index contributed by atoms with van der Waals surface area (Å²) in [6.45, 7) is 1.09. The molecule has 1 aromatic rings. The Morgan fingerprint density at radius 1 is 1.21 bits per heavy atom. The minimum Gasteiger partial charge on any atom is -0.336 e. The van der Waals surface area contributed by atoms with Crippen LogP contribution in [0.25, 0.3) is 0 Å². The van der Waals surface area contributed by atoms with Gasteiger partial charge in [-0.1, -0.05) is 0 Å². The fourth-order valence-electron chi connectivity index (χ4n) is 5.80. The second-order valence-electron chi connectivity index (χ2n) is 7.38. The minimum atomic E-state index is 0.577. The molecule has 4 fully saturated rings. The number of nitrogens with zero attached hydrogens (tertiary/aromatic N) is 2. The first-order valence-electron chi connectivity index (χ1n) is 7.90. The van der Waals surface area contributed by atoms with E-state index in [2.05, 4.69) is 28.1 Å². The molecular weight excluding hydrogens is 234 g/mol. The van der Waals surface area contributed by atoms with Gasteiger partial charge in [0.15, 0.2) is 0 Å². The first kappa shape index (κ1) is 12.0. The first-order chi connectivity index (χ1) is 9.27. The molecule has 0 aromatic carbocycles. The summed E-state index contributed by atoms with van der Waals surface area (Å²) in [7, 11) is 2.15. The third-order valence-electron chi connectivity index (χ3n) is 6.13. The van der Waals surface area contributed by atoms with E-state index in [9.17, 15) is 0 Å². The lowest BCUT2D eigenvalue weighted by atomic mass is 9.47. The van der Waals surface area contributed by atoms with Gasteiger partial charge in [0.1, 0.15) is 0 Å². The molecule has 1 heterocycles. The Balaban J connectivity index is 1.58. The number of hydrogen-bond acceptors (Lipinski definition) is 2. The SMILES string of the molecule is CNC(Cn1ccnc1)C12CC3CC(CC(C3)C1)C2. The molecule has 1 atom stereocenters. The smallest absolute Gasteiger partial charge is 0.0946 e. The molecule has 1 unspecified atom stereocenters. The number of rotatable bonds is 4. The summed E-state index contributed by atoms with van der Waals surface area (Å²) in [6.07, 6.45) is 15.0. The Morgan fingerprint density at radius 2 is 1.84 bits per heavy atom. The highest BCUT2D eigenvalue weighted by Crippen LogP contribution is 2.61. The summed E-state index contributed by atoms with van der Waals surface area (Å²) in [6, 6.07) is 0.620. The van der Waals surface area contributed by atoms with Crippen molar-refractivity contribution in [2.75, 3.05) is 7.05 Å². The van der Waals surface area contributed by atoms with E-state index >= 15 is 0 Å². The average molecular weight is 259 g/mol. The lowest BCUT2D eigenvalue weighted by molar-refractivity contribution is -0.0753. The van der Waals surface area contributed by atoms with Crippen molar-refractivity contribution in [3.63, 3.8) is 0 Å². The summed E-state index contributed by atoms with van der Waals surface area (Å²) in [5.41, 5.74) is 0.577. The Kier molecular flexibility index (Phi) is 2.73. The molecule has 0 saturated heterocycles. The molecule has 0 aliphatic heterocycles. The van der Waals surface area contributed by atoms with Crippen LogP contribution in [0, 0.1) is 23.2 Å². The molecule has 5 rings (SSSR count). The van der Waals surface area contributed by atoms with Crippen molar-refractivity contribution in [1.29, 1.82) is 0 Å². The van der Waals surface area contributed by atoms with E-state index in [1.165, 1.54) is 38.5 Å². The van der Waals surface area contributed by atoms with Crippen LogP contribution in [-0.4, -0.2) is 22.6 Å². The Bertz CT molecular complexity index is 402. The third-order valence-corrected chi connectivity index (χ3v) is 6.13. The van der Waals surface area contributed by atoms with Gasteiger partial charge in [0.05, 0.1) is 6.33 Å². The highest BCUT2D eigenvalue weighted by atomic mass is 15.1. The topological polar surface area (TPSA) is 29.9 Å². The Morgan fingerprint density at radius 3 is 2.32 bits per heavy atom. The third kappa shape index (κ3) is 1.94. The summed E-state index contributed by atoms with van der Waals surface area (Å²) < 4.78 is 2.25. The zero-order valence-electron chi connectivity index (χ0n) is 11.9. The molecule has 0 radical (unpaired) electrons. The molecule has 104 valence electrons. The van der Waals surface area contributed by atoms with Crippen LogP contribution in [-0.2, 0) is 6.54 Å². The molecule has 4 aliphatic rings. The highest BCUT2D eigenvalue weighted by Gasteiger charge is 2.53. The van der Waals surface area contributed by atoms with E-state index in [1.807, 2.05) is 12.5 Å². The van der Waals surface area contributed by atoms with Gasteiger partial charge < -0.3 is 9.88 Å². The van der Waals surface area contributed by atoms with Gasteiger partial charge in [-0.25, -0.2) is 4.98 Å². The molecule has 0 amide bonds. The van der Waals surface area contributed by atoms with Crippen molar-refractivity contribution >= 4 is 0 Å². The number of likely N-dealkylation sites (N-methyl/N-ethyl adjacent to an activating group) is 1. The Labute approximate surface area is 115 Å². The number of nitrogens with one attached hydrogen (secondary N) is 1. The van der Waals surface area contributed by atoms with E-state index in [0.29, 0.717) is 11.5 Å². The van der Waals surface area contributed by atoms with E-state index in [-0.39, 0.29) is 0 Å². The molecule has 4 saturated carbocycles. The molecular formula is C16H25N3. The van der Waals surface area contributed by atoms with E-state index in [4.69, 9.17) is 0 Å². The van der Waals surface area contributed by atoms with Gasteiger partial charge in [0.25, 0.3) is 0 Å². The molecule has 3 heteroatoms. The molecule has 0 spiro atoms. The lowest BCUT2D eigenvalue weighted by Gasteiger charge is -2.59. The van der Waals surface area contributed by atoms with E-state index in [1.54, 1.807) is 0 Å². The predicted octanol–water partition coefficient (Wildman–Crippen LogP) is 2.69. The van der Waals surface area contributed by atoms with Crippen molar-refractivity contribution in [2.24, 2.45) is 23.2 Å². The quantitative estimate of drug-likeness (QED) is 0.901. The molecule has 19 heavy (non-hydrogen) atoms. The summed E-state index contributed by atoms with van der Waals surface area (Å²) >= 11 is 0. The zero-order chi connectivity index (χ0) is 12.9. The van der Waals surface area contributed by atoms with Gasteiger partial charge in [-0.3, -0.25) is 0 Å². The second kappa shape index (κ2) is 4.34. The average Bonchev–Trinajstić information content (AvgIpc) is 2.87. The summed E-state index contributed by atoms with van der Waals surface area (Å²) in [4.78, 5) is 4.19. The monoisotopic (exact) mass is 259 g/mol. The first-order valence-corrected chi connectivity index (χ1v) is 7.90. The van der Waals surface area contributed by atoms with Crippen LogP contribution in [0.1, 0.15) is 38.5 Å². The Hall–Kier alpha value is -0.830. The van der Waals surface area contributed by atoms with Crippen LogP contribution in [0.4, 0.5) is 0 Å². The minimum absolute atomic E-state index is 0.577. The largest absolute Gasteiger partial charge is 0.336 e. The molecule has 3 nitrogen and oxygen atoms in total. The van der Waals surface area contributed by atoms with Gasteiger partial charge in [0, 0.05) is 25.0 Å². The van der Waals surface area contributed by atoms with Crippen molar-refractivity contribution in [2.45, 2.75) is 51.1 Å².